The lowest BCUT2D eigenvalue weighted by molar-refractivity contribution is 0.0205. The van der Waals surface area contributed by atoms with Gasteiger partial charge in [0.2, 0.25) is 0 Å². The molecule has 0 saturated heterocycles. The molecule has 0 spiro atoms. The van der Waals surface area contributed by atoms with Crippen molar-refractivity contribution in [3.8, 4) is 23.0 Å². The standard InChI is InChI=1S/C28H43BrO6Si2/c1-30-26-17-22(10-12-25(26)35-21-33-14-16-37(6,7)8)9-11-23-18-24(19-27(31-2)28(23)29)34-20-32-13-15-36(3,4)5/h9-12,17-19H,13-16,20-21H2,1-8H3/b11-9+. The summed E-state index contributed by atoms with van der Waals surface area (Å²) in [6.45, 7) is 15.8. The predicted molar refractivity (Wildman–Crippen MR) is 162 cm³/mol. The number of benzene rings is 2. The summed E-state index contributed by atoms with van der Waals surface area (Å²) >= 11 is 3.64. The van der Waals surface area contributed by atoms with Crippen molar-refractivity contribution in [1.29, 1.82) is 0 Å². The Balaban J connectivity index is 2.04. The molecule has 0 unspecified atom stereocenters. The van der Waals surface area contributed by atoms with E-state index in [9.17, 15) is 0 Å². The maximum absolute atomic E-state index is 5.85. The van der Waals surface area contributed by atoms with Crippen molar-refractivity contribution >= 4 is 44.2 Å². The predicted octanol–water partition coefficient (Wildman–Crippen LogP) is 8.02. The topological polar surface area (TPSA) is 55.4 Å². The Labute approximate surface area is 233 Å². The lowest BCUT2D eigenvalue weighted by Crippen LogP contribution is -2.22. The van der Waals surface area contributed by atoms with Crippen LogP contribution >= 0.6 is 15.9 Å². The first-order valence-electron chi connectivity index (χ1n) is 12.6. The second-order valence-electron chi connectivity index (χ2n) is 11.2. The van der Waals surface area contributed by atoms with Crippen LogP contribution in [-0.2, 0) is 9.47 Å². The molecule has 6 nitrogen and oxygen atoms in total. The highest BCUT2D eigenvalue weighted by Gasteiger charge is 2.14. The van der Waals surface area contributed by atoms with E-state index in [2.05, 4.69) is 55.2 Å². The van der Waals surface area contributed by atoms with E-state index in [1.807, 2.05) is 42.5 Å². The van der Waals surface area contributed by atoms with Crippen LogP contribution in [0.5, 0.6) is 23.0 Å². The molecule has 0 bridgehead atoms. The Bertz CT molecular complexity index is 1010. The third-order valence-electron chi connectivity index (χ3n) is 5.50. The molecular weight excluding hydrogens is 568 g/mol. The summed E-state index contributed by atoms with van der Waals surface area (Å²) < 4.78 is 34.9. The Morgan fingerprint density at radius 1 is 0.703 bits per heavy atom. The second kappa shape index (κ2) is 15.0. The summed E-state index contributed by atoms with van der Waals surface area (Å²) in [5.41, 5.74) is 1.89. The van der Waals surface area contributed by atoms with E-state index in [-0.39, 0.29) is 13.6 Å². The van der Waals surface area contributed by atoms with Crippen LogP contribution in [0.4, 0.5) is 0 Å². The van der Waals surface area contributed by atoms with Gasteiger partial charge in [0.1, 0.15) is 11.5 Å². The molecule has 0 aromatic heterocycles. The third kappa shape index (κ3) is 12.1. The molecule has 0 N–H and O–H groups in total. The van der Waals surface area contributed by atoms with E-state index in [0.717, 1.165) is 27.7 Å². The molecule has 0 radical (unpaired) electrons. The number of hydrogen-bond donors (Lipinski definition) is 0. The summed E-state index contributed by atoms with van der Waals surface area (Å²) in [4.78, 5) is 0. The molecule has 2 aromatic rings. The van der Waals surface area contributed by atoms with Gasteiger partial charge in [-0.05, 0) is 57.3 Å². The highest BCUT2D eigenvalue weighted by atomic mass is 79.9. The van der Waals surface area contributed by atoms with Gasteiger partial charge in [-0.3, -0.25) is 0 Å². The maximum atomic E-state index is 5.85. The molecule has 2 rings (SSSR count). The second-order valence-corrected chi connectivity index (χ2v) is 23.3. The van der Waals surface area contributed by atoms with Gasteiger partial charge in [-0.2, -0.15) is 0 Å². The van der Waals surface area contributed by atoms with Crippen molar-refractivity contribution in [2.24, 2.45) is 0 Å². The van der Waals surface area contributed by atoms with Crippen molar-refractivity contribution in [1.82, 2.24) is 0 Å². The molecule has 0 fully saturated rings. The van der Waals surface area contributed by atoms with Crippen molar-refractivity contribution in [2.45, 2.75) is 51.4 Å². The molecule has 0 amide bonds. The Morgan fingerprint density at radius 3 is 1.86 bits per heavy atom. The minimum absolute atomic E-state index is 0.206. The fraction of sp³-hybridized carbons (Fsp3) is 0.500. The first-order valence-corrected chi connectivity index (χ1v) is 20.8. The van der Waals surface area contributed by atoms with Gasteiger partial charge in [-0.15, -0.1) is 0 Å². The zero-order valence-corrected chi connectivity index (χ0v) is 27.2. The Morgan fingerprint density at radius 2 is 1.30 bits per heavy atom. The van der Waals surface area contributed by atoms with Crippen molar-refractivity contribution < 1.29 is 28.4 Å². The molecule has 0 atom stereocenters. The van der Waals surface area contributed by atoms with Crippen LogP contribution in [0.1, 0.15) is 11.1 Å². The van der Waals surface area contributed by atoms with E-state index in [0.29, 0.717) is 36.2 Å². The van der Waals surface area contributed by atoms with Crippen molar-refractivity contribution in [3.05, 3.63) is 45.9 Å². The van der Waals surface area contributed by atoms with Crippen molar-refractivity contribution in [3.63, 3.8) is 0 Å². The van der Waals surface area contributed by atoms with E-state index in [1.54, 1.807) is 14.2 Å². The molecular formula is C28H43BrO6Si2. The highest BCUT2D eigenvalue weighted by molar-refractivity contribution is 9.10. The van der Waals surface area contributed by atoms with Crippen LogP contribution in [0.15, 0.2) is 34.8 Å². The lowest BCUT2D eigenvalue weighted by atomic mass is 10.1. The molecule has 2 aromatic carbocycles. The minimum Gasteiger partial charge on any atom is -0.495 e. The van der Waals surface area contributed by atoms with Gasteiger partial charge in [0.05, 0.1) is 18.7 Å². The van der Waals surface area contributed by atoms with Crippen LogP contribution < -0.4 is 18.9 Å². The Hall–Kier alpha value is -1.79. The van der Waals surface area contributed by atoms with E-state index >= 15 is 0 Å². The van der Waals surface area contributed by atoms with Gasteiger partial charge in [0.15, 0.2) is 25.1 Å². The molecule has 0 heterocycles. The first kappa shape index (κ1) is 31.4. The van der Waals surface area contributed by atoms with Gasteiger partial charge in [0, 0.05) is 35.4 Å². The van der Waals surface area contributed by atoms with E-state index in [1.165, 1.54) is 0 Å². The minimum atomic E-state index is -1.13. The number of rotatable bonds is 16. The van der Waals surface area contributed by atoms with Gasteiger partial charge in [0.25, 0.3) is 0 Å². The molecule has 9 heteroatoms. The van der Waals surface area contributed by atoms with Crippen LogP contribution in [0, 0.1) is 0 Å². The van der Waals surface area contributed by atoms with E-state index in [4.69, 9.17) is 28.4 Å². The number of hydrogen-bond acceptors (Lipinski definition) is 6. The van der Waals surface area contributed by atoms with E-state index < -0.39 is 16.1 Å². The summed E-state index contributed by atoms with van der Waals surface area (Å²) in [6, 6.07) is 11.8. The maximum Gasteiger partial charge on any atom is 0.189 e. The van der Waals surface area contributed by atoms with Crippen LogP contribution in [0.25, 0.3) is 12.2 Å². The van der Waals surface area contributed by atoms with Crippen molar-refractivity contribution in [2.75, 3.05) is 41.0 Å². The lowest BCUT2D eigenvalue weighted by Gasteiger charge is -2.16. The van der Waals surface area contributed by atoms with Gasteiger partial charge >= 0.3 is 0 Å². The SMILES string of the molecule is COc1cc(/C=C/c2cc(OCOCC[Si](C)(C)C)cc(OC)c2Br)ccc1OCOCC[Si](C)(C)C. The fourth-order valence-corrected chi connectivity index (χ4v) is 5.17. The number of methoxy groups -OCH3 is 2. The number of ether oxygens (including phenoxy) is 6. The summed E-state index contributed by atoms with van der Waals surface area (Å²) in [5.74, 6) is 2.68. The monoisotopic (exact) mass is 610 g/mol. The smallest absolute Gasteiger partial charge is 0.189 e. The zero-order chi connectivity index (χ0) is 27.5. The first-order chi connectivity index (χ1) is 17.4. The Kier molecular flexibility index (Phi) is 12.7. The molecule has 0 saturated carbocycles. The van der Waals surface area contributed by atoms with Crippen LogP contribution in [0.2, 0.25) is 51.4 Å². The molecule has 0 aliphatic heterocycles. The largest absolute Gasteiger partial charge is 0.495 e. The average Bonchev–Trinajstić information content (AvgIpc) is 2.82. The average molecular weight is 612 g/mol. The third-order valence-corrected chi connectivity index (χ3v) is 9.76. The number of halogens is 1. The van der Waals surface area contributed by atoms with Gasteiger partial charge in [-0.25, -0.2) is 0 Å². The molecule has 37 heavy (non-hydrogen) atoms. The summed E-state index contributed by atoms with van der Waals surface area (Å²) in [7, 11) is 1.03. The van der Waals surface area contributed by atoms with Gasteiger partial charge in [-0.1, -0.05) is 57.5 Å². The summed E-state index contributed by atoms with van der Waals surface area (Å²) in [6.07, 6.45) is 4.00. The van der Waals surface area contributed by atoms with Crippen LogP contribution in [0.3, 0.4) is 0 Å². The molecule has 0 aliphatic rings. The fourth-order valence-electron chi connectivity index (χ4n) is 3.13. The molecule has 206 valence electrons. The highest BCUT2D eigenvalue weighted by Crippen LogP contribution is 2.35. The summed E-state index contributed by atoms with van der Waals surface area (Å²) in [5, 5.41) is 0. The molecule has 0 aliphatic carbocycles. The van der Waals surface area contributed by atoms with Gasteiger partial charge < -0.3 is 28.4 Å². The zero-order valence-electron chi connectivity index (χ0n) is 23.6. The quantitative estimate of drug-likeness (QED) is 0.0830. The van der Waals surface area contributed by atoms with Crippen LogP contribution in [-0.4, -0.2) is 57.2 Å². The normalized spacial score (nSPS) is 12.1.